The summed E-state index contributed by atoms with van der Waals surface area (Å²) < 4.78 is 10.2. The molecule has 1 amide bonds. The summed E-state index contributed by atoms with van der Waals surface area (Å²) in [5.41, 5.74) is 0.785. The third kappa shape index (κ3) is 6.21. The molecule has 8 nitrogen and oxygen atoms in total. The Labute approximate surface area is 172 Å². The van der Waals surface area contributed by atoms with Crippen LogP contribution in [0.4, 0.5) is 11.4 Å². The van der Waals surface area contributed by atoms with Crippen molar-refractivity contribution in [2.75, 3.05) is 12.4 Å². The number of aryl methyl sites for hydroxylation is 1. The molecule has 9 heteroatoms. The number of benzene rings is 2. The maximum Gasteiger partial charge on any atom is 0.319 e. The molecule has 0 radical (unpaired) electrons. The fraction of sp³-hybridized carbons (Fsp3) is 0.300. The van der Waals surface area contributed by atoms with Crippen LogP contribution in [0.3, 0.4) is 0 Å². The first-order valence-corrected chi connectivity index (χ1v) is 9.66. The molecule has 1 N–H and O–H groups in total. The van der Waals surface area contributed by atoms with Crippen LogP contribution in [-0.4, -0.2) is 35.3 Å². The zero-order valence-electron chi connectivity index (χ0n) is 16.5. The largest absolute Gasteiger partial charge is 0.496 e. The molecular formula is C20H22N2O6S. The second-order valence-electron chi connectivity index (χ2n) is 6.28. The van der Waals surface area contributed by atoms with Gasteiger partial charge in [0.1, 0.15) is 16.7 Å². The van der Waals surface area contributed by atoms with Gasteiger partial charge in [0.25, 0.3) is 11.6 Å². The van der Waals surface area contributed by atoms with Gasteiger partial charge in [-0.1, -0.05) is 17.7 Å². The molecule has 0 aliphatic heterocycles. The van der Waals surface area contributed by atoms with Gasteiger partial charge in [-0.15, -0.1) is 11.8 Å². The summed E-state index contributed by atoms with van der Waals surface area (Å²) >= 11 is 1.32. The Bertz CT molecular complexity index is 900. The van der Waals surface area contributed by atoms with E-state index in [1.165, 1.54) is 44.0 Å². The quantitative estimate of drug-likeness (QED) is 0.299. The van der Waals surface area contributed by atoms with Crippen molar-refractivity contribution in [2.24, 2.45) is 0 Å². The zero-order chi connectivity index (χ0) is 21.6. The van der Waals surface area contributed by atoms with E-state index in [1.807, 2.05) is 31.2 Å². The third-order valence-electron chi connectivity index (χ3n) is 3.99. The van der Waals surface area contributed by atoms with E-state index in [2.05, 4.69) is 5.32 Å². The average Bonchev–Trinajstić information content (AvgIpc) is 2.69. The Balaban J connectivity index is 1.98. The van der Waals surface area contributed by atoms with Crippen LogP contribution in [-0.2, 0) is 14.3 Å². The van der Waals surface area contributed by atoms with Crippen molar-refractivity contribution in [2.45, 2.75) is 37.0 Å². The molecule has 2 aromatic rings. The van der Waals surface area contributed by atoms with Crippen molar-refractivity contribution in [3.8, 4) is 5.75 Å². The average molecular weight is 418 g/mol. The predicted octanol–water partition coefficient (Wildman–Crippen LogP) is 3.96. The number of ether oxygens (including phenoxy) is 2. The number of hydrogen-bond donors (Lipinski definition) is 1. The van der Waals surface area contributed by atoms with E-state index in [4.69, 9.17) is 9.47 Å². The van der Waals surface area contributed by atoms with Gasteiger partial charge in [0.2, 0.25) is 0 Å². The monoisotopic (exact) mass is 418 g/mol. The van der Waals surface area contributed by atoms with Gasteiger partial charge < -0.3 is 14.8 Å². The minimum absolute atomic E-state index is 0.00854. The number of nitro groups is 1. The molecule has 154 valence electrons. The minimum atomic E-state index is -1.12. The van der Waals surface area contributed by atoms with Crippen LogP contribution in [0.15, 0.2) is 47.4 Å². The lowest BCUT2D eigenvalue weighted by molar-refractivity contribution is -0.384. The van der Waals surface area contributed by atoms with Crippen LogP contribution in [0.25, 0.3) is 0 Å². The number of rotatable bonds is 8. The second kappa shape index (κ2) is 9.92. The number of nitro benzene ring substituents is 1. The number of thioether (sulfide) groups is 1. The van der Waals surface area contributed by atoms with E-state index in [0.29, 0.717) is 0 Å². The lowest BCUT2D eigenvalue weighted by Crippen LogP contribution is -2.32. The molecule has 2 rings (SSSR count). The molecule has 2 aromatic carbocycles. The Morgan fingerprint density at radius 3 is 2.38 bits per heavy atom. The number of esters is 1. The third-order valence-corrected chi connectivity index (χ3v) is 5.08. The van der Waals surface area contributed by atoms with Gasteiger partial charge in [-0.25, -0.2) is 0 Å². The van der Waals surface area contributed by atoms with Gasteiger partial charge in [-0.2, -0.15) is 0 Å². The first kappa shape index (κ1) is 22.2. The van der Waals surface area contributed by atoms with Gasteiger partial charge in [0, 0.05) is 4.90 Å². The molecule has 0 spiro atoms. The van der Waals surface area contributed by atoms with Crippen LogP contribution in [0.1, 0.15) is 19.4 Å². The first-order chi connectivity index (χ1) is 13.7. The summed E-state index contributed by atoms with van der Waals surface area (Å²) in [5.74, 6) is -0.933. The van der Waals surface area contributed by atoms with Gasteiger partial charge in [-0.3, -0.25) is 19.7 Å². The van der Waals surface area contributed by atoms with Crippen molar-refractivity contribution in [1.29, 1.82) is 0 Å². The predicted molar refractivity (Wildman–Crippen MR) is 110 cm³/mol. The smallest absolute Gasteiger partial charge is 0.319 e. The highest BCUT2D eigenvalue weighted by Gasteiger charge is 2.25. The van der Waals surface area contributed by atoms with Gasteiger partial charge in [-0.05, 0) is 45.0 Å². The van der Waals surface area contributed by atoms with E-state index in [1.54, 1.807) is 6.92 Å². The Hall–Kier alpha value is -3.07. The minimum Gasteiger partial charge on any atom is -0.496 e. The van der Waals surface area contributed by atoms with E-state index < -0.39 is 28.2 Å². The molecular weight excluding hydrogens is 396 g/mol. The highest BCUT2D eigenvalue weighted by molar-refractivity contribution is 8.00. The van der Waals surface area contributed by atoms with E-state index in [0.717, 1.165) is 10.5 Å². The molecule has 0 saturated heterocycles. The van der Waals surface area contributed by atoms with Crippen molar-refractivity contribution in [3.05, 3.63) is 58.1 Å². The molecule has 0 saturated carbocycles. The summed E-state index contributed by atoms with van der Waals surface area (Å²) in [7, 11) is 1.38. The Morgan fingerprint density at radius 2 is 1.79 bits per heavy atom. The number of carbonyl (C=O) groups excluding carboxylic acids is 2. The summed E-state index contributed by atoms with van der Waals surface area (Å²) in [6.07, 6.45) is -1.12. The maximum absolute atomic E-state index is 12.3. The lowest BCUT2D eigenvalue weighted by Gasteiger charge is -2.16. The van der Waals surface area contributed by atoms with E-state index >= 15 is 0 Å². The first-order valence-electron chi connectivity index (χ1n) is 8.78. The second-order valence-corrected chi connectivity index (χ2v) is 7.70. The van der Waals surface area contributed by atoms with Gasteiger partial charge in [0.15, 0.2) is 6.10 Å². The van der Waals surface area contributed by atoms with E-state index in [9.17, 15) is 19.7 Å². The number of carbonyl (C=O) groups is 2. The Morgan fingerprint density at radius 1 is 1.14 bits per heavy atom. The van der Waals surface area contributed by atoms with Crippen LogP contribution < -0.4 is 10.1 Å². The van der Waals surface area contributed by atoms with Crippen LogP contribution in [0.5, 0.6) is 5.75 Å². The van der Waals surface area contributed by atoms with Crippen LogP contribution in [0, 0.1) is 17.0 Å². The highest BCUT2D eigenvalue weighted by Crippen LogP contribution is 2.29. The molecule has 2 atom stereocenters. The number of nitrogens with zero attached hydrogens (tertiary/aromatic N) is 1. The van der Waals surface area contributed by atoms with Gasteiger partial charge >= 0.3 is 5.97 Å². The summed E-state index contributed by atoms with van der Waals surface area (Å²) in [4.78, 5) is 36.1. The fourth-order valence-corrected chi connectivity index (χ4v) is 3.18. The number of methoxy groups -OCH3 is 1. The maximum atomic E-state index is 12.3. The number of hydrogen-bond acceptors (Lipinski definition) is 7. The molecule has 0 aliphatic rings. The fourth-order valence-electron chi connectivity index (χ4n) is 2.32. The lowest BCUT2D eigenvalue weighted by atomic mass is 10.2. The van der Waals surface area contributed by atoms with Gasteiger partial charge in [0.05, 0.1) is 18.1 Å². The molecule has 0 unspecified atom stereocenters. The standard InChI is InChI=1S/C20H22N2O6S/c1-12-5-8-16(9-6-12)29-14(3)20(24)28-13(2)19(23)21-17-10-7-15(27-4)11-18(17)22(25)26/h5-11,13-14H,1-4H3,(H,21,23)/t13-,14+/m1/s1. The molecule has 0 heterocycles. The number of amides is 1. The van der Waals surface area contributed by atoms with Crippen molar-refractivity contribution < 1.29 is 24.0 Å². The molecule has 0 aliphatic carbocycles. The normalized spacial score (nSPS) is 12.6. The summed E-state index contributed by atoms with van der Waals surface area (Å²) in [6, 6.07) is 11.7. The number of nitrogens with one attached hydrogen (secondary N) is 1. The highest BCUT2D eigenvalue weighted by atomic mass is 32.2. The van der Waals surface area contributed by atoms with E-state index in [-0.39, 0.29) is 17.1 Å². The topological polar surface area (TPSA) is 108 Å². The summed E-state index contributed by atoms with van der Waals surface area (Å²) in [5, 5.41) is 13.1. The SMILES string of the molecule is COc1ccc(NC(=O)[C@@H](C)OC(=O)[C@H](C)Sc2ccc(C)cc2)c([N+](=O)[O-])c1. The summed E-state index contributed by atoms with van der Waals surface area (Å²) in [6.45, 7) is 5.07. The van der Waals surface area contributed by atoms with Crippen LogP contribution >= 0.6 is 11.8 Å². The zero-order valence-corrected chi connectivity index (χ0v) is 17.3. The van der Waals surface area contributed by atoms with Crippen molar-refractivity contribution in [1.82, 2.24) is 0 Å². The van der Waals surface area contributed by atoms with Crippen LogP contribution in [0.2, 0.25) is 0 Å². The molecule has 29 heavy (non-hydrogen) atoms. The Kier molecular flexibility index (Phi) is 7.60. The van der Waals surface area contributed by atoms with Crippen molar-refractivity contribution >= 4 is 35.0 Å². The number of anilines is 1. The van der Waals surface area contributed by atoms with Crippen molar-refractivity contribution in [3.63, 3.8) is 0 Å². The molecule has 0 aromatic heterocycles. The molecule has 0 fully saturated rings. The molecule has 0 bridgehead atoms.